The summed E-state index contributed by atoms with van der Waals surface area (Å²) in [4.78, 5) is 12.6. The lowest BCUT2D eigenvalue weighted by atomic mass is 10.1. The van der Waals surface area contributed by atoms with Crippen molar-refractivity contribution in [1.29, 1.82) is 0 Å². The summed E-state index contributed by atoms with van der Waals surface area (Å²) in [5, 5.41) is 25.2. The summed E-state index contributed by atoms with van der Waals surface area (Å²) in [6.07, 6.45) is 0. The maximum atomic E-state index is 12.6. The second-order valence-corrected chi connectivity index (χ2v) is 5.29. The highest BCUT2D eigenvalue weighted by Crippen LogP contribution is 2.16. The Balaban J connectivity index is 2.29. The van der Waals surface area contributed by atoms with Gasteiger partial charge in [-0.1, -0.05) is 35.9 Å². The van der Waals surface area contributed by atoms with Crippen molar-refractivity contribution < 1.29 is 14.3 Å². The lowest BCUT2D eigenvalue weighted by Crippen LogP contribution is -2.46. The molecule has 5 nitrogen and oxygen atoms in total. The summed E-state index contributed by atoms with van der Waals surface area (Å²) in [5.74, 6) is -0.537. The number of carbonyl (C=O) groups excluding carboxylic acids is 1. The number of halogens is 1. The molecule has 0 aliphatic carbocycles. The first kappa shape index (κ1) is 14.3. The third kappa shape index (κ3) is 2.16. The van der Waals surface area contributed by atoms with Gasteiger partial charge in [0.2, 0.25) is 0 Å². The first-order chi connectivity index (χ1) is 10.5. The van der Waals surface area contributed by atoms with Gasteiger partial charge in [0.15, 0.2) is 0 Å². The van der Waals surface area contributed by atoms with E-state index in [-0.39, 0.29) is 28.0 Å². The van der Waals surface area contributed by atoms with E-state index in [0.29, 0.717) is 14.5 Å². The van der Waals surface area contributed by atoms with Crippen LogP contribution in [-0.4, -0.2) is 5.78 Å². The number of hydrogen-bond acceptors (Lipinski definition) is 3. The number of hydrogen-bond donors (Lipinski definition) is 0. The highest BCUT2D eigenvalue weighted by molar-refractivity contribution is 6.31. The van der Waals surface area contributed by atoms with Crippen LogP contribution >= 0.6 is 11.6 Å². The number of aromatic nitrogens is 2. The number of rotatable bonds is 2. The van der Waals surface area contributed by atoms with Crippen LogP contribution in [-0.2, 0) is 0 Å². The molecule has 3 aromatic rings. The largest absolute Gasteiger partial charge is 0.618 e. The third-order valence-electron chi connectivity index (χ3n) is 3.47. The molecule has 0 aliphatic rings. The van der Waals surface area contributed by atoms with E-state index in [1.807, 2.05) is 0 Å². The van der Waals surface area contributed by atoms with Gasteiger partial charge in [0.05, 0.1) is 0 Å². The highest BCUT2D eigenvalue weighted by atomic mass is 35.5. The summed E-state index contributed by atoms with van der Waals surface area (Å²) in [5.41, 5.74) is 0.483. The summed E-state index contributed by atoms with van der Waals surface area (Å²) in [7, 11) is 0. The van der Waals surface area contributed by atoms with Gasteiger partial charge < -0.3 is 10.4 Å². The molecule has 0 spiro atoms. The monoisotopic (exact) mass is 314 g/mol. The van der Waals surface area contributed by atoms with Gasteiger partial charge in [0, 0.05) is 29.6 Å². The molecule has 0 saturated carbocycles. The Hall–Kier alpha value is -2.66. The van der Waals surface area contributed by atoms with Gasteiger partial charge in [-0.2, -0.15) is 9.46 Å². The van der Waals surface area contributed by atoms with Crippen LogP contribution in [0.4, 0.5) is 0 Å². The molecule has 3 rings (SSSR count). The van der Waals surface area contributed by atoms with Gasteiger partial charge in [-0.3, -0.25) is 4.79 Å². The fourth-order valence-corrected chi connectivity index (χ4v) is 2.57. The Morgan fingerprint density at radius 3 is 2.27 bits per heavy atom. The van der Waals surface area contributed by atoms with Crippen LogP contribution in [0.15, 0.2) is 48.5 Å². The van der Waals surface area contributed by atoms with Crippen LogP contribution in [0.1, 0.15) is 21.7 Å². The van der Waals surface area contributed by atoms with Crippen molar-refractivity contribution in [3.8, 4) is 0 Å². The Labute approximate surface area is 131 Å². The zero-order valence-electron chi connectivity index (χ0n) is 11.6. The third-order valence-corrected chi connectivity index (χ3v) is 3.71. The Morgan fingerprint density at radius 2 is 1.64 bits per heavy atom. The van der Waals surface area contributed by atoms with E-state index in [0.717, 1.165) is 0 Å². The van der Waals surface area contributed by atoms with Gasteiger partial charge in [0.1, 0.15) is 0 Å². The van der Waals surface area contributed by atoms with E-state index in [1.54, 1.807) is 30.3 Å². The summed E-state index contributed by atoms with van der Waals surface area (Å²) in [6, 6.07) is 12.6. The molecule has 0 fully saturated rings. The molecule has 1 heterocycles. The first-order valence-corrected chi connectivity index (χ1v) is 6.93. The van der Waals surface area contributed by atoms with E-state index in [1.165, 1.54) is 25.1 Å². The lowest BCUT2D eigenvalue weighted by Gasteiger charge is -2.10. The van der Waals surface area contributed by atoms with Gasteiger partial charge in [0.25, 0.3) is 22.5 Å². The molecule has 6 heteroatoms. The average Bonchev–Trinajstić information content (AvgIpc) is 2.53. The van der Waals surface area contributed by atoms with Crippen molar-refractivity contribution in [3.63, 3.8) is 0 Å². The predicted octanol–water partition coefficient (Wildman–Crippen LogP) is 2.30. The van der Waals surface area contributed by atoms with Crippen LogP contribution in [0.2, 0.25) is 5.02 Å². The molecule has 110 valence electrons. The molecular formula is C16H11ClN2O3. The van der Waals surface area contributed by atoms with Gasteiger partial charge in [-0.25, -0.2) is 0 Å². The van der Waals surface area contributed by atoms with Crippen LogP contribution in [0.25, 0.3) is 11.0 Å². The van der Waals surface area contributed by atoms with E-state index in [9.17, 15) is 15.2 Å². The van der Waals surface area contributed by atoms with E-state index in [2.05, 4.69) is 0 Å². The van der Waals surface area contributed by atoms with Crippen molar-refractivity contribution in [3.05, 3.63) is 80.9 Å². The van der Waals surface area contributed by atoms with E-state index < -0.39 is 5.78 Å². The molecule has 0 aliphatic heterocycles. The number of ketones is 1. The molecule has 0 atom stereocenters. The maximum absolute atomic E-state index is 12.6. The number of nitrogens with zero attached hydrogens (tertiary/aromatic N) is 2. The second kappa shape index (κ2) is 5.27. The van der Waals surface area contributed by atoms with Crippen molar-refractivity contribution in [2.45, 2.75) is 6.92 Å². The molecule has 22 heavy (non-hydrogen) atoms. The highest BCUT2D eigenvalue weighted by Gasteiger charge is 2.31. The number of para-hydroxylation sites is 2. The van der Waals surface area contributed by atoms with Crippen molar-refractivity contribution in [1.82, 2.24) is 0 Å². The maximum Gasteiger partial charge on any atom is 0.333 e. The van der Waals surface area contributed by atoms with Crippen LogP contribution in [0.3, 0.4) is 0 Å². The molecule has 0 amide bonds. The van der Waals surface area contributed by atoms with Gasteiger partial charge >= 0.3 is 5.69 Å². The predicted molar refractivity (Wildman–Crippen MR) is 81.5 cm³/mol. The number of carbonyl (C=O) groups is 1. The SMILES string of the molecule is Cc1c(C(=O)c2cccc(Cl)c2)[n+]([O-])c2ccccc2[n+]1[O-]. The smallest absolute Gasteiger partial charge is 0.333 e. The van der Waals surface area contributed by atoms with Crippen molar-refractivity contribution in [2.24, 2.45) is 0 Å². The van der Waals surface area contributed by atoms with Crippen LogP contribution in [0.5, 0.6) is 0 Å². The van der Waals surface area contributed by atoms with Crippen LogP contribution < -0.4 is 9.46 Å². The van der Waals surface area contributed by atoms with Gasteiger partial charge in [-0.15, -0.1) is 0 Å². The topological polar surface area (TPSA) is 71.0 Å². The molecule has 0 radical (unpaired) electrons. The normalized spacial score (nSPS) is 10.8. The molecular weight excluding hydrogens is 304 g/mol. The molecule has 2 aromatic carbocycles. The summed E-state index contributed by atoms with van der Waals surface area (Å²) >= 11 is 5.88. The van der Waals surface area contributed by atoms with E-state index >= 15 is 0 Å². The zero-order chi connectivity index (χ0) is 15.9. The molecule has 0 N–H and O–H groups in total. The van der Waals surface area contributed by atoms with Crippen molar-refractivity contribution >= 4 is 28.4 Å². The molecule has 0 saturated heterocycles. The minimum Gasteiger partial charge on any atom is -0.618 e. The average molecular weight is 315 g/mol. The summed E-state index contributed by atoms with van der Waals surface area (Å²) in [6.45, 7) is 1.45. The summed E-state index contributed by atoms with van der Waals surface area (Å²) < 4.78 is 1.10. The minimum absolute atomic E-state index is 0.0543. The number of benzene rings is 2. The molecule has 0 bridgehead atoms. The van der Waals surface area contributed by atoms with Crippen LogP contribution in [0, 0.1) is 17.3 Å². The van der Waals surface area contributed by atoms with Gasteiger partial charge in [-0.05, 0) is 12.1 Å². The standard InChI is InChI=1S/C16H11ClN2O3/c1-10-15(16(20)11-5-4-6-12(17)9-11)19(22)14-8-3-2-7-13(14)18(10)21/h2-9H,1H3. The Bertz CT molecular complexity index is 909. The minimum atomic E-state index is -0.537. The lowest BCUT2D eigenvalue weighted by molar-refractivity contribution is -0.635. The fourth-order valence-electron chi connectivity index (χ4n) is 2.37. The first-order valence-electron chi connectivity index (χ1n) is 6.55. The quantitative estimate of drug-likeness (QED) is 0.414. The van der Waals surface area contributed by atoms with Crippen molar-refractivity contribution in [2.75, 3.05) is 0 Å². The molecule has 0 unspecified atom stereocenters. The van der Waals surface area contributed by atoms with E-state index in [4.69, 9.17) is 11.6 Å². The fraction of sp³-hybridized carbons (Fsp3) is 0.0625. The number of fused-ring (bicyclic) bond motifs is 1. The molecule has 1 aromatic heterocycles. The second-order valence-electron chi connectivity index (χ2n) is 4.85. The Morgan fingerprint density at radius 1 is 1.00 bits per heavy atom. The zero-order valence-corrected chi connectivity index (χ0v) is 12.4. The Kier molecular flexibility index (Phi) is 3.42.